The molecule has 1 aliphatic heterocycles. The molecule has 0 unspecified atom stereocenters. The third kappa shape index (κ3) is 4.11. The van der Waals surface area contributed by atoms with E-state index in [0.717, 1.165) is 17.5 Å². The van der Waals surface area contributed by atoms with Crippen molar-refractivity contribution in [1.29, 1.82) is 0 Å². The highest BCUT2D eigenvalue weighted by molar-refractivity contribution is 5.88. The molecule has 26 heavy (non-hydrogen) atoms. The molecule has 2 aromatic rings. The van der Waals surface area contributed by atoms with Gasteiger partial charge < -0.3 is 14.8 Å². The van der Waals surface area contributed by atoms with Crippen LogP contribution in [0.1, 0.15) is 29.9 Å². The maximum Gasteiger partial charge on any atom is 0.329 e. The summed E-state index contributed by atoms with van der Waals surface area (Å²) in [4.78, 5) is 25.2. The number of nitrogens with one attached hydrogen (secondary N) is 1. The molecule has 0 bridgehead atoms. The van der Waals surface area contributed by atoms with Crippen LogP contribution in [0, 0.1) is 0 Å². The molecule has 0 saturated carbocycles. The van der Waals surface area contributed by atoms with Crippen LogP contribution in [-0.2, 0) is 19.1 Å². The highest BCUT2D eigenvalue weighted by Crippen LogP contribution is 2.29. The first kappa shape index (κ1) is 18.1. The van der Waals surface area contributed by atoms with Gasteiger partial charge in [0.25, 0.3) is 0 Å². The van der Waals surface area contributed by atoms with E-state index in [-0.39, 0.29) is 11.8 Å². The number of ether oxygens (including phenoxy) is 2. The summed E-state index contributed by atoms with van der Waals surface area (Å²) in [5.74, 6) is -1.10. The summed E-state index contributed by atoms with van der Waals surface area (Å²) in [6, 6.07) is 18.5. The number of benzene rings is 2. The molecule has 0 radical (unpaired) electrons. The molecular formula is C21H23NO4. The van der Waals surface area contributed by atoms with E-state index >= 15 is 0 Å². The minimum atomic E-state index is -0.832. The van der Waals surface area contributed by atoms with E-state index in [1.165, 1.54) is 7.11 Å². The van der Waals surface area contributed by atoms with E-state index < -0.39 is 18.1 Å². The van der Waals surface area contributed by atoms with Crippen molar-refractivity contribution >= 4 is 11.9 Å². The van der Waals surface area contributed by atoms with E-state index in [1.807, 2.05) is 60.7 Å². The van der Waals surface area contributed by atoms with Crippen LogP contribution >= 0.6 is 0 Å². The summed E-state index contributed by atoms with van der Waals surface area (Å²) in [5, 5.41) is 2.87. The average Bonchev–Trinajstić information content (AvgIpc) is 3.23. The zero-order chi connectivity index (χ0) is 18.4. The lowest BCUT2D eigenvalue weighted by Gasteiger charge is -2.28. The lowest BCUT2D eigenvalue weighted by atomic mass is 9.84. The fourth-order valence-corrected chi connectivity index (χ4v) is 3.33. The molecule has 1 N–H and O–H groups in total. The quantitative estimate of drug-likeness (QED) is 0.811. The van der Waals surface area contributed by atoms with Crippen LogP contribution < -0.4 is 5.32 Å². The fourth-order valence-electron chi connectivity index (χ4n) is 3.33. The van der Waals surface area contributed by atoms with Gasteiger partial charge in [-0.25, -0.2) is 4.79 Å². The van der Waals surface area contributed by atoms with Gasteiger partial charge in [-0.15, -0.1) is 0 Å². The maximum absolute atomic E-state index is 12.6. The Balaban J connectivity index is 1.96. The molecule has 2 aromatic carbocycles. The lowest BCUT2D eigenvalue weighted by molar-refractivity contribution is -0.146. The molecule has 0 aliphatic carbocycles. The van der Waals surface area contributed by atoms with Crippen LogP contribution in [0.25, 0.3) is 0 Å². The van der Waals surface area contributed by atoms with Crippen molar-refractivity contribution in [2.24, 2.45) is 0 Å². The van der Waals surface area contributed by atoms with Crippen molar-refractivity contribution in [2.45, 2.75) is 30.9 Å². The Bertz CT molecular complexity index is 687. The van der Waals surface area contributed by atoms with E-state index in [4.69, 9.17) is 9.47 Å². The van der Waals surface area contributed by atoms with Gasteiger partial charge in [0.05, 0.1) is 7.11 Å². The molecule has 0 aromatic heterocycles. The zero-order valence-electron chi connectivity index (χ0n) is 14.8. The van der Waals surface area contributed by atoms with Crippen molar-refractivity contribution < 1.29 is 19.1 Å². The van der Waals surface area contributed by atoms with Gasteiger partial charge in [-0.3, -0.25) is 4.79 Å². The number of methoxy groups -OCH3 is 1. The number of carbonyl (C=O) groups excluding carboxylic acids is 2. The predicted octanol–water partition coefficient (Wildman–Crippen LogP) is 2.66. The molecule has 1 aliphatic rings. The summed E-state index contributed by atoms with van der Waals surface area (Å²) in [6.45, 7) is 0.571. The third-order valence-electron chi connectivity index (χ3n) is 4.63. The van der Waals surface area contributed by atoms with E-state index in [1.54, 1.807) is 0 Å². The Morgan fingerprint density at radius 2 is 1.62 bits per heavy atom. The van der Waals surface area contributed by atoms with Crippen molar-refractivity contribution in [3.05, 3.63) is 71.8 Å². The first-order chi connectivity index (χ1) is 12.7. The summed E-state index contributed by atoms with van der Waals surface area (Å²) >= 11 is 0. The van der Waals surface area contributed by atoms with Crippen LogP contribution in [0.2, 0.25) is 0 Å². The van der Waals surface area contributed by atoms with E-state index in [9.17, 15) is 9.59 Å². The molecule has 0 spiro atoms. The first-order valence-corrected chi connectivity index (χ1v) is 8.80. The van der Waals surface area contributed by atoms with Crippen LogP contribution in [0.4, 0.5) is 0 Å². The van der Waals surface area contributed by atoms with Crippen LogP contribution in [0.3, 0.4) is 0 Å². The average molecular weight is 353 g/mol. The molecule has 136 valence electrons. The Morgan fingerprint density at radius 1 is 1.04 bits per heavy atom. The summed E-state index contributed by atoms with van der Waals surface area (Å²) in [6.07, 6.45) is 1.01. The van der Waals surface area contributed by atoms with Crippen molar-refractivity contribution in [1.82, 2.24) is 5.32 Å². The predicted molar refractivity (Wildman–Crippen MR) is 97.6 cm³/mol. The van der Waals surface area contributed by atoms with Gasteiger partial charge in [-0.05, 0) is 24.0 Å². The minimum absolute atomic E-state index is 0.269. The summed E-state index contributed by atoms with van der Waals surface area (Å²) in [5.41, 5.74) is 1.86. The minimum Gasteiger partial charge on any atom is -0.467 e. The van der Waals surface area contributed by atoms with Crippen molar-refractivity contribution in [2.75, 3.05) is 13.7 Å². The van der Waals surface area contributed by atoms with Gasteiger partial charge in [0.2, 0.25) is 5.91 Å². The van der Waals surface area contributed by atoms with Gasteiger partial charge in [0.15, 0.2) is 0 Å². The van der Waals surface area contributed by atoms with Crippen molar-refractivity contribution in [3.8, 4) is 0 Å². The van der Waals surface area contributed by atoms with Crippen LogP contribution in [0.5, 0.6) is 0 Å². The monoisotopic (exact) mass is 353 g/mol. The highest BCUT2D eigenvalue weighted by Gasteiger charge is 2.35. The standard InChI is InChI=1S/C21H23NO4/c1-25-21(24)19(22-20(23)17-13-8-14-26-17)18(15-9-4-2-5-10-15)16-11-6-3-7-12-16/h2-7,9-12,17-19H,8,13-14H2,1H3,(H,22,23)/t17-,19+/m0/s1. The fraction of sp³-hybridized carbons (Fsp3) is 0.333. The van der Waals surface area contributed by atoms with Gasteiger partial charge in [0.1, 0.15) is 12.1 Å². The molecule has 1 fully saturated rings. The van der Waals surface area contributed by atoms with Crippen molar-refractivity contribution in [3.63, 3.8) is 0 Å². The number of carbonyl (C=O) groups is 2. The van der Waals surface area contributed by atoms with E-state index in [0.29, 0.717) is 13.0 Å². The van der Waals surface area contributed by atoms with Gasteiger partial charge in [-0.1, -0.05) is 60.7 Å². The molecular weight excluding hydrogens is 330 g/mol. The maximum atomic E-state index is 12.6. The Hall–Kier alpha value is -2.66. The van der Waals surface area contributed by atoms with Crippen LogP contribution in [0.15, 0.2) is 60.7 Å². The second-order valence-electron chi connectivity index (χ2n) is 6.31. The number of rotatable bonds is 6. The Morgan fingerprint density at radius 3 is 2.08 bits per heavy atom. The highest BCUT2D eigenvalue weighted by atomic mass is 16.5. The number of hydrogen-bond acceptors (Lipinski definition) is 4. The normalized spacial score (nSPS) is 17.7. The molecule has 2 atom stereocenters. The SMILES string of the molecule is COC(=O)[C@H](NC(=O)[C@@H]1CCCO1)C(c1ccccc1)c1ccccc1. The zero-order valence-corrected chi connectivity index (χ0v) is 14.8. The smallest absolute Gasteiger partial charge is 0.329 e. The van der Waals surface area contributed by atoms with Gasteiger partial charge >= 0.3 is 5.97 Å². The first-order valence-electron chi connectivity index (χ1n) is 8.80. The largest absolute Gasteiger partial charge is 0.467 e. The van der Waals surface area contributed by atoms with Gasteiger partial charge in [-0.2, -0.15) is 0 Å². The number of hydrogen-bond donors (Lipinski definition) is 1. The molecule has 1 heterocycles. The topological polar surface area (TPSA) is 64.6 Å². The summed E-state index contributed by atoms with van der Waals surface area (Å²) in [7, 11) is 1.33. The lowest BCUT2D eigenvalue weighted by Crippen LogP contribution is -2.49. The molecule has 3 rings (SSSR count). The molecule has 1 saturated heterocycles. The number of esters is 1. The Kier molecular flexibility index (Phi) is 6.02. The second kappa shape index (κ2) is 8.63. The molecule has 5 nitrogen and oxygen atoms in total. The van der Waals surface area contributed by atoms with Gasteiger partial charge in [0, 0.05) is 12.5 Å². The summed E-state index contributed by atoms with van der Waals surface area (Å²) < 4.78 is 10.5. The number of amides is 1. The second-order valence-corrected chi connectivity index (χ2v) is 6.31. The van der Waals surface area contributed by atoms with Crippen LogP contribution in [-0.4, -0.2) is 37.7 Å². The molecule has 1 amide bonds. The Labute approximate surface area is 153 Å². The third-order valence-corrected chi connectivity index (χ3v) is 4.63. The molecule has 5 heteroatoms. The van der Waals surface area contributed by atoms with E-state index in [2.05, 4.69) is 5.32 Å².